The van der Waals surface area contributed by atoms with Gasteiger partial charge in [-0.2, -0.15) is 0 Å². The highest BCUT2D eigenvalue weighted by atomic mass is 32.2. The molecule has 114 valence electrons. The highest BCUT2D eigenvalue weighted by molar-refractivity contribution is 7.89. The van der Waals surface area contributed by atoms with Crippen molar-refractivity contribution in [1.82, 2.24) is 4.72 Å². The molecule has 1 aromatic carbocycles. The molecule has 4 rings (SSSR count). The van der Waals surface area contributed by atoms with Gasteiger partial charge in [-0.05, 0) is 50.2 Å². The molecular formula is C16H23N3OS. The van der Waals surface area contributed by atoms with Gasteiger partial charge >= 0.3 is 0 Å². The molecule has 5 heteroatoms. The van der Waals surface area contributed by atoms with E-state index in [1.165, 1.54) is 19.3 Å². The number of nitrogen functional groups attached to an aromatic ring is 1. The van der Waals surface area contributed by atoms with Gasteiger partial charge in [-0.15, -0.1) is 4.72 Å². The van der Waals surface area contributed by atoms with Gasteiger partial charge in [0.15, 0.2) is 4.90 Å². The number of hydrogen-bond acceptors (Lipinski definition) is 4. The Morgan fingerprint density at radius 1 is 1.38 bits per heavy atom. The van der Waals surface area contributed by atoms with Crippen LogP contribution in [-0.2, 0) is 11.4 Å². The zero-order valence-electron chi connectivity index (χ0n) is 12.3. The van der Waals surface area contributed by atoms with Gasteiger partial charge in [0, 0.05) is 18.7 Å². The van der Waals surface area contributed by atoms with E-state index in [0.717, 1.165) is 22.4 Å². The standard InChI is InChI=1S/C16H23N3OS/c1-2-18-21(20)13-6-7-16(14(17)10-13)19-15-5-3-4-11-8-12(15)9-11/h3,5-7,10-12,15,18-19H,2,4,8-9,17H2,1H3. The van der Waals surface area contributed by atoms with Gasteiger partial charge in [0.2, 0.25) is 0 Å². The third-order valence-electron chi connectivity index (χ3n) is 4.43. The number of rotatable bonds is 5. The van der Waals surface area contributed by atoms with Crippen molar-refractivity contribution >= 4 is 22.7 Å². The second kappa shape index (κ2) is 6.30. The molecule has 3 aliphatic carbocycles. The lowest BCUT2D eigenvalue weighted by Crippen LogP contribution is -2.35. The lowest BCUT2D eigenvalue weighted by molar-refractivity contribution is 0.195. The predicted octanol–water partition coefficient (Wildman–Crippen LogP) is 2.67. The number of fused-ring (bicyclic) bond motifs is 2. The molecule has 0 aliphatic heterocycles. The first-order chi connectivity index (χ1) is 10.2. The third kappa shape index (κ3) is 3.20. The molecule has 1 aromatic rings. The Hall–Kier alpha value is -1.17. The number of nitrogens with two attached hydrogens (primary N) is 1. The molecule has 3 aliphatic rings. The molecule has 0 spiro atoms. The monoisotopic (exact) mass is 305 g/mol. The Bertz CT molecular complexity index is 528. The van der Waals surface area contributed by atoms with E-state index in [1.807, 2.05) is 19.1 Å². The SMILES string of the molecule is CCN[S+]([O-])c1ccc(NC2C=CCC3CC2C3)c(N)c1. The number of benzene rings is 1. The van der Waals surface area contributed by atoms with Crippen LogP contribution in [0.3, 0.4) is 0 Å². The van der Waals surface area contributed by atoms with Crippen molar-refractivity contribution in [3.63, 3.8) is 0 Å². The van der Waals surface area contributed by atoms with Crippen LogP contribution in [-0.4, -0.2) is 17.1 Å². The maximum Gasteiger partial charge on any atom is 0.176 e. The summed E-state index contributed by atoms with van der Waals surface area (Å²) in [5.41, 5.74) is 7.72. The summed E-state index contributed by atoms with van der Waals surface area (Å²) in [6.45, 7) is 2.60. The number of allylic oxidation sites excluding steroid dienone is 1. The summed E-state index contributed by atoms with van der Waals surface area (Å²) in [5.74, 6) is 1.61. The molecular weight excluding hydrogens is 282 g/mol. The minimum absolute atomic E-state index is 0.371. The van der Waals surface area contributed by atoms with E-state index in [1.54, 1.807) is 6.07 Å². The minimum Gasteiger partial charge on any atom is -0.593 e. The Morgan fingerprint density at radius 2 is 2.19 bits per heavy atom. The lowest BCUT2D eigenvalue weighted by Gasteiger charge is -2.37. The molecule has 2 bridgehead atoms. The molecule has 0 radical (unpaired) electrons. The van der Waals surface area contributed by atoms with E-state index < -0.39 is 11.4 Å². The van der Waals surface area contributed by atoms with Crippen molar-refractivity contribution in [1.29, 1.82) is 0 Å². The molecule has 1 saturated carbocycles. The van der Waals surface area contributed by atoms with Gasteiger partial charge < -0.3 is 15.6 Å². The molecule has 2 atom stereocenters. The zero-order chi connectivity index (χ0) is 14.8. The van der Waals surface area contributed by atoms with E-state index in [4.69, 9.17) is 5.73 Å². The molecule has 0 heterocycles. The minimum atomic E-state index is -1.18. The van der Waals surface area contributed by atoms with Gasteiger partial charge in [0.1, 0.15) is 0 Å². The Kier molecular flexibility index (Phi) is 4.42. The molecule has 4 N–H and O–H groups in total. The number of anilines is 2. The molecule has 0 aromatic heterocycles. The smallest absolute Gasteiger partial charge is 0.176 e. The number of nitrogens with one attached hydrogen (secondary N) is 2. The molecule has 0 amide bonds. The number of hydrogen-bond donors (Lipinski definition) is 3. The second-order valence-electron chi connectivity index (χ2n) is 5.95. The Balaban J connectivity index is 1.71. The van der Waals surface area contributed by atoms with Crippen LogP contribution in [0.15, 0.2) is 35.2 Å². The van der Waals surface area contributed by atoms with E-state index in [9.17, 15) is 4.55 Å². The van der Waals surface area contributed by atoms with Gasteiger partial charge in [-0.3, -0.25) is 0 Å². The van der Waals surface area contributed by atoms with Crippen LogP contribution < -0.4 is 15.8 Å². The van der Waals surface area contributed by atoms with Crippen LogP contribution in [0, 0.1) is 11.8 Å². The van der Waals surface area contributed by atoms with Crippen molar-refractivity contribution in [2.24, 2.45) is 11.8 Å². The fourth-order valence-electron chi connectivity index (χ4n) is 3.20. The van der Waals surface area contributed by atoms with Gasteiger partial charge in [-0.1, -0.05) is 12.2 Å². The highest BCUT2D eigenvalue weighted by Gasteiger charge is 2.35. The first-order valence-corrected chi connectivity index (χ1v) is 8.80. The Labute approximate surface area is 129 Å². The summed E-state index contributed by atoms with van der Waals surface area (Å²) < 4.78 is 14.8. The van der Waals surface area contributed by atoms with E-state index in [2.05, 4.69) is 22.2 Å². The topological polar surface area (TPSA) is 73.1 Å². The van der Waals surface area contributed by atoms with Crippen LogP contribution in [0.4, 0.5) is 11.4 Å². The Morgan fingerprint density at radius 3 is 2.90 bits per heavy atom. The van der Waals surface area contributed by atoms with Gasteiger partial charge in [-0.25, -0.2) is 0 Å². The first-order valence-electron chi connectivity index (χ1n) is 7.65. The second-order valence-corrected chi connectivity index (χ2v) is 7.24. The predicted molar refractivity (Wildman–Crippen MR) is 88.3 cm³/mol. The summed E-state index contributed by atoms with van der Waals surface area (Å²) in [6, 6.07) is 5.98. The lowest BCUT2D eigenvalue weighted by atomic mass is 9.72. The van der Waals surface area contributed by atoms with Crippen molar-refractivity contribution < 1.29 is 4.55 Å². The van der Waals surface area contributed by atoms with Crippen molar-refractivity contribution in [3.05, 3.63) is 30.4 Å². The van der Waals surface area contributed by atoms with Crippen molar-refractivity contribution in [2.75, 3.05) is 17.6 Å². The fourth-order valence-corrected chi connectivity index (χ4v) is 4.05. The van der Waals surface area contributed by atoms with Crippen molar-refractivity contribution in [3.8, 4) is 0 Å². The molecule has 21 heavy (non-hydrogen) atoms. The molecule has 4 nitrogen and oxygen atoms in total. The largest absolute Gasteiger partial charge is 0.593 e. The van der Waals surface area contributed by atoms with E-state index in [0.29, 0.717) is 18.3 Å². The zero-order valence-corrected chi connectivity index (χ0v) is 13.2. The summed E-state index contributed by atoms with van der Waals surface area (Å²) in [4.78, 5) is 0.722. The van der Waals surface area contributed by atoms with Crippen LogP contribution in [0.5, 0.6) is 0 Å². The maximum absolute atomic E-state index is 11.9. The summed E-state index contributed by atoms with van der Waals surface area (Å²) >= 11 is -1.18. The van der Waals surface area contributed by atoms with E-state index >= 15 is 0 Å². The van der Waals surface area contributed by atoms with Crippen LogP contribution in [0.2, 0.25) is 0 Å². The molecule has 0 saturated heterocycles. The van der Waals surface area contributed by atoms with Gasteiger partial charge in [0.05, 0.1) is 22.7 Å². The summed E-state index contributed by atoms with van der Waals surface area (Å²) in [7, 11) is 0. The van der Waals surface area contributed by atoms with Crippen LogP contribution in [0.25, 0.3) is 0 Å². The average Bonchev–Trinajstić information content (AvgIpc) is 2.73. The molecule has 2 unspecified atom stereocenters. The van der Waals surface area contributed by atoms with E-state index in [-0.39, 0.29) is 0 Å². The first kappa shape index (κ1) is 14.8. The van der Waals surface area contributed by atoms with Gasteiger partial charge in [0.25, 0.3) is 0 Å². The van der Waals surface area contributed by atoms with Crippen LogP contribution >= 0.6 is 0 Å². The quantitative estimate of drug-likeness (QED) is 0.444. The summed E-state index contributed by atoms with van der Waals surface area (Å²) in [6.07, 6.45) is 8.41. The average molecular weight is 305 g/mol. The maximum atomic E-state index is 11.9. The summed E-state index contributed by atoms with van der Waals surface area (Å²) in [5, 5.41) is 3.54. The fraction of sp³-hybridized carbons (Fsp3) is 0.500. The van der Waals surface area contributed by atoms with Crippen LogP contribution in [0.1, 0.15) is 26.2 Å². The normalized spacial score (nSPS) is 28.6. The van der Waals surface area contributed by atoms with Crippen molar-refractivity contribution in [2.45, 2.75) is 37.1 Å². The highest BCUT2D eigenvalue weighted by Crippen LogP contribution is 2.42. The third-order valence-corrected chi connectivity index (χ3v) is 5.66. The molecule has 1 fully saturated rings.